The molecule has 2 aromatic rings. The first-order valence-corrected chi connectivity index (χ1v) is 5.35. The number of methoxy groups -OCH3 is 1. The average molecular weight is 233 g/mol. The minimum absolute atomic E-state index is 0.456. The second-order valence-corrected chi connectivity index (χ2v) is 4.33. The summed E-state index contributed by atoms with van der Waals surface area (Å²) >= 11 is 0. The monoisotopic (exact) mass is 233 g/mol. The lowest BCUT2D eigenvalue weighted by atomic mass is 10.1. The fraction of sp³-hybridized carbons (Fsp3) is 0.417. The third-order valence-electron chi connectivity index (χ3n) is 2.63. The zero-order valence-electron chi connectivity index (χ0n) is 10.4. The van der Waals surface area contributed by atoms with Crippen molar-refractivity contribution in [3.05, 3.63) is 29.8 Å². The molecule has 90 valence electrons. The molecule has 2 aromatic heterocycles. The van der Waals surface area contributed by atoms with Crippen molar-refractivity contribution in [3.63, 3.8) is 0 Å². The Balaban J connectivity index is 2.33. The number of ether oxygens (including phenoxy) is 1. The molecule has 0 unspecified atom stereocenters. The Morgan fingerprint density at radius 1 is 1.29 bits per heavy atom. The van der Waals surface area contributed by atoms with Gasteiger partial charge in [0.1, 0.15) is 5.60 Å². The third-order valence-corrected chi connectivity index (χ3v) is 2.63. The van der Waals surface area contributed by atoms with E-state index < -0.39 is 5.60 Å². The SMILES string of the molecule is COC(C)(C)c1noc(-c2ccc(C)nc2)n1. The Hall–Kier alpha value is -1.75. The van der Waals surface area contributed by atoms with E-state index in [0.717, 1.165) is 11.3 Å². The number of rotatable bonds is 3. The van der Waals surface area contributed by atoms with Crippen LogP contribution < -0.4 is 0 Å². The lowest BCUT2D eigenvalue weighted by Crippen LogP contribution is -2.21. The van der Waals surface area contributed by atoms with Gasteiger partial charge in [-0.15, -0.1) is 0 Å². The van der Waals surface area contributed by atoms with Gasteiger partial charge in [0.15, 0.2) is 0 Å². The smallest absolute Gasteiger partial charge is 0.259 e. The summed E-state index contributed by atoms with van der Waals surface area (Å²) in [5.41, 5.74) is 1.20. The molecule has 0 saturated carbocycles. The van der Waals surface area contributed by atoms with Gasteiger partial charge in [-0.1, -0.05) is 5.16 Å². The summed E-state index contributed by atoms with van der Waals surface area (Å²) in [5.74, 6) is 0.980. The zero-order valence-corrected chi connectivity index (χ0v) is 10.4. The molecule has 0 saturated heterocycles. The summed E-state index contributed by atoms with van der Waals surface area (Å²) in [6.45, 7) is 5.70. The van der Waals surface area contributed by atoms with Gasteiger partial charge < -0.3 is 9.26 Å². The van der Waals surface area contributed by atoms with E-state index in [-0.39, 0.29) is 0 Å². The molecular weight excluding hydrogens is 218 g/mol. The normalized spacial score (nSPS) is 11.8. The fourth-order valence-corrected chi connectivity index (χ4v) is 1.27. The molecule has 0 atom stereocenters. The lowest BCUT2D eigenvalue weighted by Gasteiger charge is -2.17. The van der Waals surface area contributed by atoms with Gasteiger partial charge in [0, 0.05) is 19.0 Å². The van der Waals surface area contributed by atoms with Crippen molar-refractivity contribution in [2.45, 2.75) is 26.4 Å². The molecule has 0 amide bonds. The van der Waals surface area contributed by atoms with E-state index in [0.29, 0.717) is 11.7 Å². The van der Waals surface area contributed by atoms with Crippen LogP contribution in [-0.4, -0.2) is 22.2 Å². The Kier molecular flexibility index (Phi) is 2.93. The average Bonchev–Trinajstić information content (AvgIpc) is 2.80. The first-order chi connectivity index (χ1) is 8.03. The molecular formula is C12H15N3O2. The topological polar surface area (TPSA) is 61.0 Å². The van der Waals surface area contributed by atoms with Gasteiger partial charge in [-0.3, -0.25) is 4.98 Å². The van der Waals surface area contributed by atoms with Gasteiger partial charge in [-0.25, -0.2) is 0 Å². The van der Waals surface area contributed by atoms with Crippen LogP contribution in [0, 0.1) is 6.92 Å². The number of aryl methyl sites for hydroxylation is 1. The van der Waals surface area contributed by atoms with Gasteiger partial charge in [-0.2, -0.15) is 4.98 Å². The van der Waals surface area contributed by atoms with Gasteiger partial charge in [0.2, 0.25) is 5.82 Å². The largest absolute Gasteiger partial charge is 0.371 e. The maximum Gasteiger partial charge on any atom is 0.259 e. The van der Waals surface area contributed by atoms with Crippen LogP contribution >= 0.6 is 0 Å². The van der Waals surface area contributed by atoms with Gasteiger partial charge in [-0.05, 0) is 32.9 Å². The van der Waals surface area contributed by atoms with Crippen molar-refractivity contribution in [1.82, 2.24) is 15.1 Å². The van der Waals surface area contributed by atoms with Crippen LogP contribution in [0.15, 0.2) is 22.9 Å². The van der Waals surface area contributed by atoms with Crippen LogP contribution in [0.2, 0.25) is 0 Å². The van der Waals surface area contributed by atoms with Gasteiger partial charge >= 0.3 is 0 Å². The van der Waals surface area contributed by atoms with E-state index in [4.69, 9.17) is 9.26 Å². The van der Waals surface area contributed by atoms with Crippen LogP contribution in [0.3, 0.4) is 0 Å². The molecule has 0 aliphatic heterocycles. The highest BCUT2D eigenvalue weighted by Gasteiger charge is 2.26. The number of nitrogens with zero attached hydrogens (tertiary/aromatic N) is 3. The lowest BCUT2D eigenvalue weighted by molar-refractivity contribution is 0.00973. The molecule has 0 aromatic carbocycles. The van der Waals surface area contributed by atoms with Crippen molar-refractivity contribution in [1.29, 1.82) is 0 Å². The second kappa shape index (κ2) is 4.25. The molecule has 0 bridgehead atoms. The minimum Gasteiger partial charge on any atom is -0.371 e. The molecule has 5 heteroatoms. The van der Waals surface area contributed by atoms with Crippen molar-refractivity contribution in [3.8, 4) is 11.5 Å². The van der Waals surface area contributed by atoms with Crippen LogP contribution in [0.5, 0.6) is 0 Å². The molecule has 2 rings (SSSR count). The summed E-state index contributed by atoms with van der Waals surface area (Å²) in [4.78, 5) is 8.50. The quantitative estimate of drug-likeness (QED) is 0.814. The summed E-state index contributed by atoms with van der Waals surface area (Å²) in [7, 11) is 1.61. The van der Waals surface area contributed by atoms with E-state index in [2.05, 4.69) is 15.1 Å². The highest BCUT2D eigenvalue weighted by Crippen LogP contribution is 2.24. The van der Waals surface area contributed by atoms with Crippen LogP contribution in [-0.2, 0) is 10.3 Å². The second-order valence-electron chi connectivity index (χ2n) is 4.33. The van der Waals surface area contributed by atoms with E-state index in [1.807, 2.05) is 32.9 Å². The Morgan fingerprint density at radius 3 is 2.65 bits per heavy atom. The molecule has 0 spiro atoms. The van der Waals surface area contributed by atoms with Crippen molar-refractivity contribution in [2.75, 3.05) is 7.11 Å². The Bertz CT molecular complexity index is 503. The summed E-state index contributed by atoms with van der Waals surface area (Å²) in [6.07, 6.45) is 1.71. The van der Waals surface area contributed by atoms with Crippen LogP contribution in [0.1, 0.15) is 25.4 Å². The summed E-state index contributed by atoms with van der Waals surface area (Å²) in [6, 6.07) is 3.81. The summed E-state index contributed by atoms with van der Waals surface area (Å²) < 4.78 is 10.5. The molecule has 0 aliphatic rings. The number of hydrogen-bond acceptors (Lipinski definition) is 5. The summed E-state index contributed by atoms with van der Waals surface area (Å²) in [5, 5.41) is 3.92. The predicted octanol–water partition coefficient (Wildman–Crippen LogP) is 2.32. The van der Waals surface area contributed by atoms with Gasteiger partial charge in [0.05, 0.1) is 5.56 Å². The standard InChI is InChI=1S/C12H15N3O2/c1-8-5-6-9(7-13-8)10-14-11(15-17-10)12(2,3)16-4/h5-7H,1-4H3. The molecule has 2 heterocycles. The Labute approximate surface area is 99.8 Å². The molecule has 5 nitrogen and oxygen atoms in total. The van der Waals surface area contributed by atoms with Crippen molar-refractivity contribution in [2.24, 2.45) is 0 Å². The maximum absolute atomic E-state index is 5.29. The number of pyridine rings is 1. The number of aromatic nitrogens is 3. The van der Waals surface area contributed by atoms with E-state index >= 15 is 0 Å². The predicted molar refractivity (Wildman–Crippen MR) is 62.3 cm³/mol. The number of hydrogen-bond donors (Lipinski definition) is 0. The molecule has 0 aliphatic carbocycles. The zero-order chi connectivity index (χ0) is 12.5. The maximum atomic E-state index is 5.29. The highest BCUT2D eigenvalue weighted by atomic mass is 16.5. The Morgan fingerprint density at radius 2 is 2.06 bits per heavy atom. The van der Waals surface area contributed by atoms with Crippen LogP contribution in [0.25, 0.3) is 11.5 Å². The third kappa shape index (κ3) is 2.34. The van der Waals surface area contributed by atoms with Crippen LogP contribution in [0.4, 0.5) is 0 Å². The molecule has 17 heavy (non-hydrogen) atoms. The molecule has 0 N–H and O–H groups in total. The van der Waals surface area contributed by atoms with Crippen molar-refractivity contribution >= 4 is 0 Å². The first-order valence-electron chi connectivity index (χ1n) is 5.35. The van der Waals surface area contributed by atoms with Crippen molar-refractivity contribution < 1.29 is 9.26 Å². The highest BCUT2D eigenvalue weighted by molar-refractivity contribution is 5.51. The molecule has 0 fully saturated rings. The van der Waals surface area contributed by atoms with Gasteiger partial charge in [0.25, 0.3) is 5.89 Å². The first kappa shape index (κ1) is 11.7. The van der Waals surface area contributed by atoms with E-state index in [1.165, 1.54) is 0 Å². The van der Waals surface area contributed by atoms with E-state index in [1.54, 1.807) is 13.3 Å². The van der Waals surface area contributed by atoms with E-state index in [9.17, 15) is 0 Å². The minimum atomic E-state index is -0.556. The molecule has 0 radical (unpaired) electrons. The fourth-order valence-electron chi connectivity index (χ4n) is 1.27.